The molecule has 1 aromatic carbocycles. The third-order valence-electron chi connectivity index (χ3n) is 6.38. The Morgan fingerprint density at radius 2 is 1.93 bits per heavy atom. The van der Waals surface area contributed by atoms with Crippen LogP contribution in [0.1, 0.15) is 52.0 Å². The zero-order chi connectivity index (χ0) is 20.7. The van der Waals surface area contributed by atoms with Crippen LogP contribution < -0.4 is 4.74 Å². The van der Waals surface area contributed by atoms with E-state index in [1.165, 1.54) is 6.42 Å². The fourth-order valence-electron chi connectivity index (χ4n) is 4.63. The van der Waals surface area contributed by atoms with E-state index in [-0.39, 0.29) is 23.4 Å². The second-order valence-electron chi connectivity index (χ2n) is 8.72. The monoisotopic (exact) mass is 415 g/mol. The van der Waals surface area contributed by atoms with Gasteiger partial charge in [0.2, 0.25) is 5.91 Å². The summed E-state index contributed by atoms with van der Waals surface area (Å²) in [5, 5.41) is 0.00771. The van der Waals surface area contributed by atoms with E-state index in [0.717, 1.165) is 29.1 Å². The van der Waals surface area contributed by atoms with Crippen LogP contribution in [-0.2, 0) is 14.3 Å². The molecule has 3 unspecified atom stereocenters. The quantitative estimate of drug-likeness (QED) is 0.517. The molecule has 0 N–H and O–H groups in total. The van der Waals surface area contributed by atoms with E-state index < -0.39 is 0 Å². The van der Waals surface area contributed by atoms with E-state index in [9.17, 15) is 9.59 Å². The molecule has 2 aliphatic heterocycles. The van der Waals surface area contributed by atoms with Crippen molar-refractivity contribution in [2.24, 2.45) is 17.8 Å². The van der Waals surface area contributed by atoms with Gasteiger partial charge in [-0.05, 0) is 48.3 Å². The number of carbonyl (C=O) groups is 2. The molecule has 156 valence electrons. The highest BCUT2D eigenvalue weighted by atomic mass is 32.2. The summed E-state index contributed by atoms with van der Waals surface area (Å²) < 4.78 is 11.3. The highest BCUT2D eigenvalue weighted by molar-refractivity contribution is 8.09. The molecule has 1 amide bonds. The summed E-state index contributed by atoms with van der Waals surface area (Å²) in [6, 6.07) is 7.62. The molecule has 1 aromatic rings. The van der Waals surface area contributed by atoms with Crippen LogP contribution in [0.3, 0.4) is 0 Å². The van der Waals surface area contributed by atoms with E-state index >= 15 is 0 Å². The van der Waals surface area contributed by atoms with Gasteiger partial charge in [0, 0.05) is 4.91 Å². The van der Waals surface area contributed by atoms with Gasteiger partial charge in [0.25, 0.3) is 0 Å². The fourth-order valence-corrected chi connectivity index (χ4v) is 6.03. The standard InChI is InChI=1S/C23H29NO4S/c1-13(2)17-10-5-14(3)11-18(17)28-23(26)21-22(29-20-12-19(25)24(20)21)15-6-8-16(27-4)9-7-15/h6-9,13-14,17-18,20H,5,10-12H2,1-4H3/t14?,17?,18?,20-/m0/s1. The van der Waals surface area contributed by atoms with Crippen molar-refractivity contribution >= 4 is 28.5 Å². The molecular formula is C23H29NO4S. The van der Waals surface area contributed by atoms with Gasteiger partial charge in [-0.1, -0.05) is 51.1 Å². The Balaban J connectivity index is 1.63. The molecular weight excluding hydrogens is 386 g/mol. The van der Waals surface area contributed by atoms with Crippen LogP contribution in [0.5, 0.6) is 5.75 Å². The smallest absolute Gasteiger partial charge is 0.356 e. The minimum Gasteiger partial charge on any atom is -0.497 e. The Hall–Kier alpha value is -1.95. The maximum Gasteiger partial charge on any atom is 0.356 e. The maximum absolute atomic E-state index is 13.3. The number of β-lactam (4-membered cyclic amide) rings is 1. The molecule has 2 fully saturated rings. The molecule has 4 rings (SSSR count). The number of carbonyl (C=O) groups excluding carboxylic acids is 2. The Bertz CT molecular complexity index is 832. The molecule has 1 saturated heterocycles. The predicted molar refractivity (Wildman–Crippen MR) is 114 cm³/mol. The Labute approximate surface area is 176 Å². The van der Waals surface area contributed by atoms with Crippen molar-refractivity contribution in [3.63, 3.8) is 0 Å². The van der Waals surface area contributed by atoms with Crippen LogP contribution in [0.4, 0.5) is 0 Å². The van der Waals surface area contributed by atoms with Crippen molar-refractivity contribution in [1.29, 1.82) is 0 Å². The van der Waals surface area contributed by atoms with Gasteiger partial charge in [0.1, 0.15) is 17.6 Å². The average Bonchev–Trinajstić information content (AvgIpc) is 3.00. The third-order valence-corrected chi connectivity index (χ3v) is 7.70. The highest BCUT2D eigenvalue weighted by Crippen LogP contribution is 2.51. The zero-order valence-corrected chi connectivity index (χ0v) is 18.3. The number of rotatable bonds is 5. The lowest BCUT2D eigenvalue weighted by atomic mass is 9.75. The summed E-state index contributed by atoms with van der Waals surface area (Å²) in [7, 11) is 1.63. The summed E-state index contributed by atoms with van der Waals surface area (Å²) in [4.78, 5) is 28.1. The molecule has 1 saturated carbocycles. The van der Waals surface area contributed by atoms with Crippen molar-refractivity contribution in [2.75, 3.05) is 7.11 Å². The van der Waals surface area contributed by atoms with E-state index in [1.807, 2.05) is 24.3 Å². The van der Waals surface area contributed by atoms with Gasteiger partial charge in [0.15, 0.2) is 0 Å². The number of nitrogens with zero attached hydrogens (tertiary/aromatic N) is 1. The number of esters is 1. The lowest BCUT2D eigenvalue weighted by molar-refractivity contribution is -0.157. The van der Waals surface area contributed by atoms with E-state index in [1.54, 1.807) is 23.8 Å². The van der Waals surface area contributed by atoms with Crippen LogP contribution in [0.2, 0.25) is 0 Å². The molecule has 0 spiro atoms. The molecule has 29 heavy (non-hydrogen) atoms. The van der Waals surface area contributed by atoms with Crippen LogP contribution in [-0.4, -0.2) is 35.4 Å². The van der Waals surface area contributed by atoms with E-state index in [4.69, 9.17) is 9.47 Å². The number of ether oxygens (including phenoxy) is 2. The first-order valence-corrected chi connectivity index (χ1v) is 11.4. The van der Waals surface area contributed by atoms with Gasteiger partial charge >= 0.3 is 5.97 Å². The number of benzene rings is 1. The third kappa shape index (κ3) is 3.79. The van der Waals surface area contributed by atoms with Gasteiger partial charge in [-0.25, -0.2) is 4.79 Å². The molecule has 1 aliphatic carbocycles. The molecule has 2 heterocycles. The number of thioether (sulfide) groups is 1. The minimum absolute atomic E-state index is 0.00427. The molecule has 4 atom stereocenters. The maximum atomic E-state index is 13.3. The van der Waals surface area contributed by atoms with Gasteiger partial charge < -0.3 is 9.47 Å². The summed E-state index contributed by atoms with van der Waals surface area (Å²) >= 11 is 1.58. The van der Waals surface area contributed by atoms with Crippen LogP contribution in [0.25, 0.3) is 4.91 Å². The fraction of sp³-hybridized carbons (Fsp3) is 0.565. The first kappa shape index (κ1) is 20.3. The number of hydrogen-bond donors (Lipinski definition) is 0. The largest absolute Gasteiger partial charge is 0.497 e. The Morgan fingerprint density at radius 1 is 1.21 bits per heavy atom. The SMILES string of the molecule is COc1ccc(C2=C(C(=O)OC3CC(C)CCC3C(C)C)N3C(=O)C[C@@H]3S2)cc1. The lowest BCUT2D eigenvalue weighted by Gasteiger charge is -2.38. The van der Waals surface area contributed by atoms with E-state index in [0.29, 0.717) is 29.9 Å². The number of fused-ring (bicyclic) bond motifs is 1. The molecule has 6 heteroatoms. The van der Waals surface area contributed by atoms with Gasteiger partial charge in [-0.2, -0.15) is 0 Å². The minimum atomic E-state index is -0.358. The summed E-state index contributed by atoms with van der Waals surface area (Å²) in [6.07, 6.45) is 3.54. The van der Waals surface area contributed by atoms with Crippen LogP contribution in [0, 0.1) is 17.8 Å². The zero-order valence-electron chi connectivity index (χ0n) is 17.5. The molecule has 0 bridgehead atoms. The van der Waals surface area contributed by atoms with Crippen molar-refractivity contribution < 1.29 is 19.1 Å². The molecule has 3 aliphatic rings. The van der Waals surface area contributed by atoms with Crippen molar-refractivity contribution in [3.05, 3.63) is 35.5 Å². The van der Waals surface area contributed by atoms with Crippen molar-refractivity contribution in [3.8, 4) is 5.75 Å². The van der Waals surface area contributed by atoms with Gasteiger partial charge in [0.05, 0.1) is 18.9 Å². The second-order valence-corrected chi connectivity index (χ2v) is 9.90. The molecule has 0 radical (unpaired) electrons. The van der Waals surface area contributed by atoms with Crippen LogP contribution in [0.15, 0.2) is 30.0 Å². The highest BCUT2D eigenvalue weighted by Gasteiger charge is 2.49. The molecule has 5 nitrogen and oxygen atoms in total. The summed E-state index contributed by atoms with van der Waals surface area (Å²) in [5.74, 6) is 1.79. The average molecular weight is 416 g/mol. The summed E-state index contributed by atoms with van der Waals surface area (Å²) in [5.41, 5.74) is 1.34. The van der Waals surface area contributed by atoms with Crippen molar-refractivity contribution in [1.82, 2.24) is 4.90 Å². The first-order valence-electron chi connectivity index (χ1n) is 10.5. The van der Waals surface area contributed by atoms with Crippen molar-refractivity contribution in [2.45, 2.75) is 57.9 Å². The van der Waals surface area contributed by atoms with Gasteiger partial charge in [-0.3, -0.25) is 9.69 Å². The molecule has 0 aromatic heterocycles. The lowest BCUT2D eigenvalue weighted by Crippen LogP contribution is -2.49. The Morgan fingerprint density at radius 3 is 2.55 bits per heavy atom. The number of methoxy groups -OCH3 is 1. The van der Waals surface area contributed by atoms with Crippen LogP contribution >= 0.6 is 11.8 Å². The second kappa shape index (κ2) is 8.05. The topological polar surface area (TPSA) is 55.8 Å². The predicted octanol–water partition coefficient (Wildman–Crippen LogP) is 4.67. The summed E-state index contributed by atoms with van der Waals surface area (Å²) in [6.45, 7) is 6.62. The first-order chi connectivity index (χ1) is 13.9. The van der Waals surface area contributed by atoms with Gasteiger partial charge in [-0.15, -0.1) is 0 Å². The normalized spacial score (nSPS) is 29.0. The Kier molecular flexibility index (Phi) is 5.65. The number of amides is 1. The number of hydrogen-bond acceptors (Lipinski definition) is 5. The van der Waals surface area contributed by atoms with E-state index in [2.05, 4.69) is 20.8 Å².